The minimum Gasteiger partial charge on any atom is -0.504 e. The van der Waals surface area contributed by atoms with Crippen LogP contribution in [0, 0.1) is 0 Å². The summed E-state index contributed by atoms with van der Waals surface area (Å²) in [6, 6.07) is 16.3. The molecule has 0 saturated carbocycles. The Labute approximate surface area is 168 Å². The van der Waals surface area contributed by atoms with Gasteiger partial charge in [0.05, 0.1) is 0 Å². The maximum absolute atomic E-state index is 11.1. The lowest BCUT2D eigenvalue weighted by Crippen LogP contribution is -2.05. The third-order valence-electron chi connectivity index (χ3n) is 4.62. The van der Waals surface area contributed by atoms with Crippen molar-refractivity contribution in [3.8, 4) is 34.1 Å². The Bertz CT molecular complexity index is 1220. The molecular weight excluding hydrogens is 392 g/mol. The van der Waals surface area contributed by atoms with E-state index in [1.54, 1.807) is 48.5 Å². The predicted octanol–water partition coefficient (Wildman–Crippen LogP) is 5.18. The van der Waals surface area contributed by atoms with Crippen LogP contribution in [0.3, 0.4) is 0 Å². The van der Waals surface area contributed by atoms with Gasteiger partial charge >= 0.3 is 12.3 Å². The van der Waals surface area contributed by atoms with Gasteiger partial charge in [0, 0.05) is 11.1 Å². The highest BCUT2D eigenvalue weighted by atomic mass is 16.7. The minimum atomic E-state index is -1.62. The number of hydrogen-bond donors (Lipinski definition) is 4. The molecule has 30 heavy (non-hydrogen) atoms. The first kappa shape index (κ1) is 18.9. The van der Waals surface area contributed by atoms with Crippen LogP contribution in [0.25, 0.3) is 32.7 Å². The fraction of sp³-hybridized carbons (Fsp3) is 0. The Morgan fingerprint density at radius 3 is 1.37 bits per heavy atom. The molecule has 4 rings (SSSR count). The molecule has 0 saturated heterocycles. The number of rotatable bonds is 3. The Balaban J connectivity index is 2.17. The maximum atomic E-state index is 11.1. The zero-order chi connectivity index (χ0) is 21.4. The molecule has 4 N–H and O–H groups in total. The highest BCUT2D eigenvalue weighted by Gasteiger charge is 2.24. The van der Waals surface area contributed by atoms with Crippen molar-refractivity contribution in [1.29, 1.82) is 0 Å². The molecule has 0 aromatic heterocycles. The summed E-state index contributed by atoms with van der Waals surface area (Å²) < 4.78 is 9.44. The molecule has 0 aliphatic rings. The lowest BCUT2D eigenvalue weighted by Gasteiger charge is -2.17. The molecule has 4 aromatic carbocycles. The van der Waals surface area contributed by atoms with Gasteiger partial charge in [0.15, 0.2) is 23.0 Å². The van der Waals surface area contributed by atoms with Crippen molar-refractivity contribution < 1.29 is 39.5 Å². The summed E-state index contributed by atoms with van der Waals surface area (Å²) in [6.07, 6.45) is -3.24. The van der Waals surface area contributed by atoms with Gasteiger partial charge in [-0.1, -0.05) is 48.5 Å². The van der Waals surface area contributed by atoms with Crippen LogP contribution in [0.4, 0.5) is 9.59 Å². The second-order valence-corrected chi connectivity index (χ2v) is 6.37. The van der Waals surface area contributed by atoms with Crippen molar-refractivity contribution in [2.45, 2.75) is 0 Å². The number of carbonyl (C=O) groups is 2. The first-order valence-electron chi connectivity index (χ1n) is 8.68. The monoisotopic (exact) mass is 406 g/mol. The smallest absolute Gasteiger partial charge is 0.504 e. The molecule has 0 heterocycles. The molecule has 150 valence electrons. The first-order valence-corrected chi connectivity index (χ1v) is 8.68. The molecule has 8 nitrogen and oxygen atoms in total. The summed E-state index contributed by atoms with van der Waals surface area (Å²) in [5.41, 5.74) is 0.155. The number of hydrogen-bond acceptors (Lipinski definition) is 6. The van der Waals surface area contributed by atoms with Crippen LogP contribution in [0.5, 0.6) is 23.0 Å². The molecule has 0 spiro atoms. The van der Waals surface area contributed by atoms with Crippen molar-refractivity contribution in [3.05, 3.63) is 60.7 Å². The van der Waals surface area contributed by atoms with E-state index in [4.69, 9.17) is 19.7 Å². The standard InChI is InChI=1S/C22H14O8/c23-19-15(29-21(25)26)9-11-5-1-3-7-13(11)17(19)18-14-8-4-2-6-12(14)10-16(20(18)24)30-22(27)28/h1-10,23-24H,(H,25,26)(H,27,28). The van der Waals surface area contributed by atoms with Crippen LogP contribution in [0.1, 0.15) is 0 Å². The second-order valence-electron chi connectivity index (χ2n) is 6.37. The molecule has 8 heteroatoms. The summed E-state index contributed by atoms with van der Waals surface area (Å²) >= 11 is 0. The largest absolute Gasteiger partial charge is 0.511 e. The Morgan fingerprint density at radius 2 is 1.00 bits per heavy atom. The van der Waals surface area contributed by atoms with Crippen LogP contribution in [-0.4, -0.2) is 32.7 Å². The minimum absolute atomic E-state index is 0.0777. The van der Waals surface area contributed by atoms with Gasteiger partial charge in [0.25, 0.3) is 0 Å². The normalized spacial score (nSPS) is 10.8. The molecule has 0 bridgehead atoms. The summed E-state index contributed by atoms with van der Waals surface area (Å²) in [6.45, 7) is 0. The van der Waals surface area contributed by atoms with Crippen molar-refractivity contribution in [2.24, 2.45) is 0 Å². The van der Waals surface area contributed by atoms with Crippen LogP contribution >= 0.6 is 0 Å². The van der Waals surface area contributed by atoms with E-state index in [9.17, 15) is 19.8 Å². The Hall–Kier alpha value is -4.46. The second kappa shape index (κ2) is 7.17. The summed E-state index contributed by atoms with van der Waals surface area (Å²) in [4.78, 5) is 22.2. The summed E-state index contributed by atoms with van der Waals surface area (Å²) in [5.74, 6) is -1.71. The van der Waals surface area contributed by atoms with Crippen LogP contribution in [-0.2, 0) is 0 Å². The summed E-state index contributed by atoms with van der Waals surface area (Å²) in [5, 5.41) is 41.9. The van der Waals surface area contributed by atoms with Gasteiger partial charge in [-0.15, -0.1) is 0 Å². The molecule has 0 fully saturated rings. The van der Waals surface area contributed by atoms with E-state index in [1.165, 1.54) is 12.1 Å². The highest BCUT2D eigenvalue weighted by molar-refractivity contribution is 6.11. The topological polar surface area (TPSA) is 134 Å². The van der Waals surface area contributed by atoms with Crippen LogP contribution < -0.4 is 9.47 Å². The van der Waals surface area contributed by atoms with Crippen molar-refractivity contribution in [1.82, 2.24) is 0 Å². The van der Waals surface area contributed by atoms with Gasteiger partial charge in [-0.2, -0.15) is 0 Å². The van der Waals surface area contributed by atoms with Gasteiger partial charge < -0.3 is 29.9 Å². The Morgan fingerprint density at radius 1 is 0.633 bits per heavy atom. The highest BCUT2D eigenvalue weighted by Crippen LogP contribution is 2.51. The van der Waals surface area contributed by atoms with Crippen LogP contribution in [0.15, 0.2) is 60.7 Å². The third-order valence-corrected chi connectivity index (χ3v) is 4.62. The zero-order valence-corrected chi connectivity index (χ0v) is 15.2. The number of phenolic OH excluding ortho intramolecular Hbond substituents is 2. The number of carboxylic acid groups (broad SMARTS) is 2. The van der Waals surface area contributed by atoms with E-state index >= 15 is 0 Å². The van der Waals surface area contributed by atoms with E-state index in [1.807, 2.05) is 0 Å². The molecule has 0 amide bonds. The average Bonchev–Trinajstić information content (AvgIpc) is 2.70. The predicted molar refractivity (Wildman–Crippen MR) is 108 cm³/mol. The number of benzene rings is 4. The van der Waals surface area contributed by atoms with E-state index in [2.05, 4.69) is 0 Å². The number of phenols is 2. The lowest BCUT2D eigenvalue weighted by atomic mass is 9.91. The van der Waals surface area contributed by atoms with Gasteiger partial charge in [0.2, 0.25) is 0 Å². The molecule has 4 aromatic rings. The van der Waals surface area contributed by atoms with Gasteiger partial charge in [0.1, 0.15) is 0 Å². The lowest BCUT2D eigenvalue weighted by molar-refractivity contribution is 0.141. The molecule has 0 aliphatic heterocycles. The van der Waals surface area contributed by atoms with Gasteiger partial charge in [-0.3, -0.25) is 0 Å². The maximum Gasteiger partial charge on any atom is 0.511 e. The number of aromatic hydroxyl groups is 2. The van der Waals surface area contributed by atoms with E-state index < -0.39 is 23.8 Å². The zero-order valence-electron chi connectivity index (χ0n) is 15.2. The fourth-order valence-electron chi connectivity index (χ4n) is 3.47. The molecule has 0 radical (unpaired) electrons. The van der Waals surface area contributed by atoms with Gasteiger partial charge in [-0.05, 0) is 33.7 Å². The first-order chi connectivity index (χ1) is 14.4. The van der Waals surface area contributed by atoms with E-state index in [-0.39, 0.29) is 22.6 Å². The fourth-order valence-corrected chi connectivity index (χ4v) is 3.47. The molecule has 0 aliphatic carbocycles. The number of fused-ring (bicyclic) bond motifs is 2. The van der Waals surface area contributed by atoms with Crippen molar-refractivity contribution in [3.63, 3.8) is 0 Å². The molecular formula is C22H14O8. The summed E-state index contributed by atoms with van der Waals surface area (Å²) in [7, 11) is 0. The van der Waals surface area contributed by atoms with Crippen molar-refractivity contribution >= 4 is 33.9 Å². The van der Waals surface area contributed by atoms with E-state index in [0.29, 0.717) is 21.5 Å². The SMILES string of the molecule is O=C(O)Oc1cc2ccccc2c(-c2c(O)c(OC(=O)O)cc3ccccc23)c1O. The quantitative estimate of drug-likeness (QED) is 0.270. The van der Waals surface area contributed by atoms with Gasteiger partial charge in [-0.25, -0.2) is 9.59 Å². The Kier molecular flexibility index (Phi) is 4.51. The average molecular weight is 406 g/mol. The molecule has 0 atom stereocenters. The molecule has 0 unspecified atom stereocenters. The van der Waals surface area contributed by atoms with Crippen LogP contribution in [0.2, 0.25) is 0 Å². The van der Waals surface area contributed by atoms with Crippen molar-refractivity contribution in [2.75, 3.05) is 0 Å². The van der Waals surface area contributed by atoms with E-state index in [0.717, 1.165) is 0 Å². The number of ether oxygens (including phenoxy) is 2. The third kappa shape index (κ3) is 3.16.